The normalized spacial score (nSPS) is 23.9. The van der Waals surface area contributed by atoms with Gasteiger partial charge in [-0.2, -0.15) is 0 Å². The molecule has 0 saturated carbocycles. The first-order valence-electron chi connectivity index (χ1n) is 17.1. The van der Waals surface area contributed by atoms with Crippen LogP contribution in [0.2, 0.25) is 0 Å². The average molecular weight is 776 g/mol. The number of aliphatic hydroxyl groups is 5. The first-order chi connectivity index (χ1) is 24.6. The first kappa shape index (κ1) is 43.6. The van der Waals surface area contributed by atoms with Gasteiger partial charge in [0.05, 0.1) is 30.8 Å². The van der Waals surface area contributed by atoms with E-state index in [4.69, 9.17) is 26.7 Å². The van der Waals surface area contributed by atoms with E-state index in [9.17, 15) is 39.9 Å². The van der Waals surface area contributed by atoms with Crippen LogP contribution in [0, 0.1) is 0 Å². The maximum atomic E-state index is 13.4. The second-order valence-electron chi connectivity index (χ2n) is 12.7. The van der Waals surface area contributed by atoms with Gasteiger partial charge in [0.15, 0.2) is 18.6 Å². The van der Waals surface area contributed by atoms with Crippen LogP contribution in [0.15, 0.2) is 10.8 Å². The lowest BCUT2D eigenvalue weighted by atomic mass is 9.98. The highest BCUT2D eigenvalue weighted by Gasteiger charge is 2.44. The van der Waals surface area contributed by atoms with Crippen molar-refractivity contribution < 1.29 is 49.4 Å². The molecule has 11 atom stereocenters. The Morgan fingerprint density at radius 1 is 1.00 bits per heavy atom. The molecule has 2 aromatic heterocycles. The van der Waals surface area contributed by atoms with E-state index in [2.05, 4.69) is 31.2 Å². The quantitative estimate of drug-likeness (QED) is 0.0443. The molecule has 0 bridgehead atoms. The third-order valence-corrected chi connectivity index (χ3v) is 9.98. The van der Waals surface area contributed by atoms with Crippen LogP contribution in [-0.4, -0.2) is 141 Å². The Kier molecular flexibility index (Phi) is 17.8. The highest BCUT2D eigenvalue weighted by molar-refractivity contribution is 7.14. The minimum atomic E-state index is -1.72. The highest BCUT2D eigenvalue weighted by Crippen LogP contribution is 2.31. The lowest BCUT2D eigenvalue weighted by molar-refractivity contribution is -0.294. The Balaban J connectivity index is 1.74. The summed E-state index contributed by atoms with van der Waals surface area (Å²) in [5.74, 6) is -2.15. The van der Waals surface area contributed by atoms with Gasteiger partial charge in [-0.15, -0.1) is 22.7 Å². The summed E-state index contributed by atoms with van der Waals surface area (Å²) in [6, 6.07) is -3.28. The summed E-state index contributed by atoms with van der Waals surface area (Å²) in [5, 5.41) is 67.3. The summed E-state index contributed by atoms with van der Waals surface area (Å²) in [5.41, 5.74) is 17.5. The van der Waals surface area contributed by atoms with Crippen LogP contribution >= 0.6 is 22.7 Å². The maximum absolute atomic E-state index is 13.4. The van der Waals surface area contributed by atoms with Crippen LogP contribution in [0.25, 0.3) is 10.7 Å². The fourth-order valence-corrected chi connectivity index (χ4v) is 6.55. The van der Waals surface area contributed by atoms with Crippen LogP contribution in [0.5, 0.6) is 0 Å². The van der Waals surface area contributed by atoms with E-state index in [1.54, 1.807) is 10.8 Å². The lowest BCUT2D eigenvalue weighted by Crippen LogP contribution is -2.63. The molecule has 294 valence electrons. The number of carbonyl (C=O) groups is 3. The van der Waals surface area contributed by atoms with Crippen LogP contribution in [0.1, 0.15) is 68.1 Å². The second kappa shape index (κ2) is 21.2. The van der Waals surface area contributed by atoms with Gasteiger partial charge in [-0.05, 0) is 59.7 Å². The zero-order chi connectivity index (χ0) is 38.5. The molecule has 0 spiro atoms. The summed E-state index contributed by atoms with van der Waals surface area (Å²) in [4.78, 5) is 47.5. The molecule has 1 aliphatic heterocycles. The molecule has 0 aromatic carbocycles. The molecule has 1 fully saturated rings. The van der Waals surface area contributed by atoms with Gasteiger partial charge in [0.2, 0.25) is 11.8 Å². The molecule has 3 amide bonds. The minimum Gasteiger partial charge on any atom is -0.391 e. The molecular formula is C31H53N9O10S2. The number of aliphatic hydroxyl groups excluding tert-OH is 5. The molecular weight excluding hydrogens is 723 g/mol. The van der Waals surface area contributed by atoms with E-state index in [1.165, 1.54) is 20.8 Å². The Bertz CT molecular complexity index is 1420. The van der Waals surface area contributed by atoms with Crippen molar-refractivity contribution in [2.75, 3.05) is 26.2 Å². The van der Waals surface area contributed by atoms with Gasteiger partial charge in [-0.25, -0.2) is 9.97 Å². The standard InChI is InChI=1S/C31H53N9O10S2/c1-14(33)19(42)11-20(43)39-22(15(2)41)27(48)40-28(50-31-24(45)23(44)21(34)16(3)49-31)25(46)30-38-18(13-52-30)29-37-17(12-51-29)26(47)36-10-6-9-35-8-5-4-7-32/h12-16,19,21-25,28,31,35,41-42,44-46H,4-11,32-34H2,1-3H3,(H,36,47)(H,39,43)(H,40,48). The van der Waals surface area contributed by atoms with Gasteiger partial charge in [-0.3, -0.25) is 14.4 Å². The molecule has 52 heavy (non-hydrogen) atoms. The molecule has 19 nitrogen and oxygen atoms in total. The average Bonchev–Trinajstić information content (AvgIpc) is 3.79. The van der Waals surface area contributed by atoms with Gasteiger partial charge < -0.3 is 73.5 Å². The van der Waals surface area contributed by atoms with Crippen molar-refractivity contribution in [2.45, 2.75) is 114 Å². The SMILES string of the molecule is CC(N)C(O)CC(=O)NC(C(=O)NC(OC1OC(C)C(N)C(O)C1O)C(O)c1nc(-c2nc(C(=O)NCCCNCCCCN)cs2)cs1)C(C)O. The summed E-state index contributed by atoms with van der Waals surface area (Å²) in [6.07, 6.45) is -9.44. The number of aromatic nitrogens is 2. The zero-order valence-electron chi connectivity index (χ0n) is 29.4. The second-order valence-corrected chi connectivity index (χ2v) is 14.4. The predicted octanol–water partition coefficient (Wildman–Crippen LogP) is -3.03. The fourth-order valence-electron chi connectivity index (χ4n) is 4.91. The molecule has 3 heterocycles. The largest absolute Gasteiger partial charge is 0.391 e. The third kappa shape index (κ3) is 12.7. The van der Waals surface area contributed by atoms with Gasteiger partial charge >= 0.3 is 0 Å². The van der Waals surface area contributed by atoms with Crippen molar-refractivity contribution in [2.24, 2.45) is 17.2 Å². The van der Waals surface area contributed by atoms with Crippen LogP contribution in [0.4, 0.5) is 0 Å². The van der Waals surface area contributed by atoms with Crippen LogP contribution in [0.3, 0.4) is 0 Å². The van der Waals surface area contributed by atoms with Crippen molar-refractivity contribution in [3.63, 3.8) is 0 Å². The number of nitrogens with zero attached hydrogens (tertiary/aromatic N) is 2. The van der Waals surface area contributed by atoms with E-state index < -0.39 is 85.5 Å². The molecule has 21 heteroatoms. The molecule has 0 radical (unpaired) electrons. The molecule has 2 aromatic rings. The van der Waals surface area contributed by atoms with Crippen molar-refractivity contribution in [3.8, 4) is 10.7 Å². The Labute approximate surface area is 309 Å². The topological polar surface area (TPSA) is 323 Å². The molecule has 0 aliphatic carbocycles. The van der Waals surface area contributed by atoms with Crippen molar-refractivity contribution in [3.05, 3.63) is 21.5 Å². The summed E-state index contributed by atoms with van der Waals surface area (Å²) in [6.45, 7) is 6.98. The zero-order valence-corrected chi connectivity index (χ0v) is 31.0. The minimum absolute atomic E-state index is 0.0220. The lowest BCUT2D eigenvalue weighted by Gasteiger charge is -2.41. The smallest absolute Gasteiger partial charge is 0.270 e. The van der Waals surface area contributed by atoms with Gasteiger partial charge in [0.25, 0.3) is 5.91 Å². The summed E-state index contributed by atoms with van der Waals surface area (Å²) in [7, 11) is 0. The van der Waals surface area contributed by atoms with Crippen LogP contribution < -0.4 is 38.5 Å². The number of nitrogens with two attached hydrogens (primary N) is 3. The number of unbranched alkanes of at least 4 members (excludes halogenated alkanes) is 1. The Morgan fingerprint density at radius 2 is 1.71 bits per heavy atom. The number of hydrogen-bond acceptors (Lipinski definition) is 18. The highest BCUT2D eigenvalue weighted by atomic mass is 32.1. The molecule has 1 aliphatic rings. The number of hydrogen-bond donors (Lipinski definition) is 12. The number of thiazole rings is 2. The van der Waals surface area contributed by atoms with E-state index >= 15 is 0 Å². The monoisotopic (exact) mass is 775 g/mol. The summed E-state index contributed by atoms with van der Waals surface area (Å²) < 4.78 is 11.4. The van der Waals surface area contributed by atoms with Crippen molar-refractivity contribution >= 4 is 40.4 Å². The van der Waals surface area contributed by atoms with E-state index in [0.29, 0.717) is 23.8 Å². The number of ether oxygens (including phenoxy) is 2. The maximum Gasteiger partial charge on any atom is 0.270 e. The van der Waals surface area contributed by atoms with Gasteiger partial charge in [0.1, 0.15) is 39.7 Å². The fraction of sp³-hybridized carbons (Fsp3) is 0.710. The molecule has 1 saturated heterocycles. The number of amides is 3. The van der Waals surface area contributed by atoms with Gasteiger partial charge in [0, 0.05) is 23.3 Å². The Hall–Kier alpha value is -2.77. The summed E-state index contributed by atoms with van der Waals surface area (Å²) >= 11 is 2.14. The van der Waals surface area contributed by atoms with E-state index in [0.717, 1.165) is 55.0 Å². The Morgan fingerprint density at radius 3 is 2.38 bits per heavy atom. The van der Waals surface area contributed by atoms with Crippen molar-refractivity contribution in [1.29, 1.82) is 0 Å². The van der Waals surface area contributed by atoms with E-state index in [-0.39, 0.29) is 16.6 Å². The van der Waals surface area contributed by atoms with Crippen molar-refractivity contribution in [1.82, 2.24) is 31.2 Å². The number of rotatable bonds is 21. The van der Waals surface area contributed by atoms with Crippen LogP contribution in [-0.2, 0) is 19.1 Å². The first-order valence-corrected chi connectivity index (χ1v) is 18.8. The molecule has 15 N–H and O–H groups in total. The number of carbonyl (C=O) groups excluding carboxylic acids is 3. The molecule has 11 unspecified atom stereocenters. The van der Waals surface area contributed by atoms with E-state index in [1.807, 2.05) is 0 Å². The van der Waals surface area contributed by atoms with Gasteiger partial charge in [-0.1, -0.05) is 0 Å². The number of nitrogens with one attached hydrogen (secondary N) is 4. The third-order valence-electron chi connectivity index (χ3n) is 8.20. The molecule has 3 rings (SSSR count). The predicted molar refractivity (Wildman–Crippen MR) is 192 cm³/mol.